The van der Waals surface area contributed by atoms with Crippen molar-refractivity contribution in [1.82, 2.24) is 10.2 Å². The fraction of sp³-hybridized carbons (Fsp3) is 0.516. The topological polar surface area (TPSA) is 108 Å². The molecular formula is C31H45N3O5. The van der Waals surface area contributed by atoms with Crippen molar-refractivity contribution >= 4 is 23.6 Å². The van der Waals surface area contributed by atoms with Gasteiger partial charge in [0.1, 0.15) is 23.4 Å². The van der Waals surface area contributed by atoms with Crippen molar-refractivity contribution in [3.63, 3.8) is 0 Å². The Morgan fingerprint density at radius 3 is 1.97 bits per heavy atom. The van der Waals surface area contributed by atoms with Crippen LogP contribution in [0.25, 0.3) is 0 Å². The minimum absolute atomic E-state index is 0.0573. The number of anilines is 1. The molecule has 2 atom stereocenters. The predicted octanol–water partition coefficient (Wildman–Crippen LogP) is 6.17. The van der Waals surface area contributed by atoms with Crippen molar-refractivity contribution in [3.8, 4) is 5.75 Å². The lowest BCUT2D eigenvalue weighted by atomic mass is 9.96. The number of hydrogen-bond donors (Lipinski definition) is 3. The summed E-state index contributed by atoms with van der Waals surface area (Å²) in [6, 6.07) is 8.31. The number of aromatic hydroxyl groups is 1. The van der Waals surface area contributed by atoms with Gasteiger partial charge in [0.15, 0.2) is 0 Å². The van der Waals surface area contributed by atoms with Crippen molar-refractivity contribution in [2.24, 2.45) is 5.92 Å². The predicted molar refractivity (Wildman–Crippen MR) is 155 cm³/mol. The van der Waals surface area contributed by atoms with Crippen LogP contribution in [0.4, 0.5) is 10.5 Å². The highest BCUT2D eigenvalue weighted by molar-refractivity contribution is 6.00. The Labute approximate surface area is 233 Å². The van der Waals surface area contributed by atoms with Gasteiger partial charge in [-0.15, -0.1) is 0 Å². The van der Waals surface area contributed by atoms with E-state index < -0.39 is 41.6 Å². The molecule has 0 radical (unpaired) electrons. The van der Waals surface area contributed by atoms with Crippen LogP contribution in [-0.4, -0.2) is 45.6 Å². The molecule has 0 saturated carbocycles. The summed E-state index contributed by atoms with van der Waals surface area (Å²) < 4.78 is 5.43. The highest BCUT2D eigenvalue weighted by atomic mass is 16.6. The molecule has 8 heteroatoms. The van der Waals surface area contributed by atoms with Crippen LogP contribution in [0, 0.1) is 26.7 Å². The molecule has 2 rings (SSSR count). The van der Waals surface area contributed by atoms with Gasteiger partial charge in [-0.25, -0.2) is 4.79 Å². The van der Waals surface area contributed by atoms with E-state index in [1.165, 1.54) is 4.90 Å². The molecule has 0 aliphatic carbocycles. The highest BCUT2D eigenvalue weighted by Gasteiger charge is 2.39. The number of carbonyl (C=O) groups excluding carboxylic acids is 3. The first-order valence-electron chi connectivity index (χ1n) is 13.5. The van der Waals surface area contributed by atoms with E-state index in [0.29, 0.717) is 23.2 Å². The number of benzene rings is 2. The standard InChI is InChI=1S/C31H45N3O5/c1-18(2)17-24(32-30(38)39-31(8,9)10)29(37)34(19(3)4)26(23-16-12-15-22(7)27(23)35)28(36)33-25-20(5)13-11-14-21(25)6/h11-16,18-19,24,26,35H,17H2,1-10H3,(H,32,38)(H,33,36). The van der Waals surface area contributed by atoms with E-state index in [0.717, 1.165) is 11.1 Å². The summed E-state index contributed by atoms with van der Waals surface area (Å²) in [5, 5.41) is 16.8. The zero-order valence-corrected chi connectivity index (χ0v) is 25.0. The van der Waals surface area contributed by atoms with E-state index >= 15 is 0 Å². The van der Waals surface area contributed by atoms with E-state index in [1.54, 1.807) is 45.9 Å². The minimum atomic E-state index is -1.16. The van der Waals surface area contributed by atoms with Gasteiger partial charge in [0, 0.05) is 17.3 Å². The van der Waals surface area contributed by atoms with Crippen molar-refractivity contribution in [3.05, 3.63) is 58.7 Å². The zero-order valence-electron chi connectivity index (χ0n) is 25.0. The highest BCUT2D eigenvalue weighted by Crippen LogP contribution is 2.35. The lowest BCUT2D eigenvalue weighted by Crippen LogP contribution is -2.54. The van der Waals surface area contributed by atoms with Crippen LogP contribution in [0.3, 0.4) is 0 Å². The second-order valence-electron chi connectivity index (χ2n) is 11.8. The third-order valence-electron chi connectivity index (χ3n) is 6.33. The van der Waals surface area contributed by atoms with Gasteiger partial charge in [0.25, 0.3) is 5.91 Å². The zero-order chi connectivity index (χ0) is 29.7. The van der Waals surface area contributed by atoms with E-state index in [2.05, 4.69) is 10.6 Å². The van der Waals surface area contributed by atoms with Crippen molar-refractivity contribution in [2.45, 2.75) is 99.4 Å². The molecule has 0 aliphatic rings. The van der Waals surface area contributed by atoms with Gasteiger partial charge in [-0.05, 0) is 84.4 Å². The Bertz CT molecular complexity index is 1160. The lowest BCUT2D eigenvalue weighted by molar-refractivity contribution is -0.143. The number of nitrogens with one attached hydrogen (secondary N) is 2. The van der Waals surface area contributed by atoms with E-state index in [9.17, 15) is 19.5 Å². The minimum Gasteiger partial charge on any atom is -0.507 e. The number of phenols is 1. The van der Waals surface area contributed by atoms with Crippen LogP contribution in [0.5, 0.6) is 5.75 Å². The fourth-order valence-electron chi connectivity index (χ4n) is 4.53. The van der Waals surface area contributed by atoms with Gasteiger partial charge in [0.05, 0.1) is 0 Å². The third-order valence-corrected chi connectivity index (χ3v) is 6.33. The summed E-state index contributed by atoms with van der Waals surface area (Å²) in [6.45, 7) is 18.3. The van der Waals surface area contributed by atoms with E-state index in [-0.39, 0.29) is 11.7 Å². The van der Waals surface area contributed by atoms with Gasteiger partial charge in [0.2, 0.25) is 5.91 Å². The summed E-state index contributed by atoms with van der Waals surface area (Å²) in [6.07, 6.45) is -0.369. The number of hydrogen-bond acceptors (Lipinski definition) is 5. The maximum Gasteiger partial charge on any atom is 0.408 e. The van der Waals surface area contributed by atoms with Crippen molar-refractivity contribution in [2.75, 3.05) is 5.32 Å². The molecule has 2 aromatic rings. The second kappa shape index (κ2) is 13.0. The first kappa shape index (κ1) is 31.7. The summed E-state index contributed by atoms with van der Waals surface area (Å²) in [7, 11) is 0. The maximum absolute atomic E-state index is 14.2. The molecule has 39 heavy (non-hydrogen) atoms. The Morgan fingerprint density at radius 2 is 1.46 bits per heavy atom. The number of nitrogens with zero attached hydrogens (tertiary/aromatic N) is 1. The quantitative estimate of drug-likeness (QED) is 0.353. The summed E-state index contributed by atoms with van der Waals surface area (Å²) >= 11 is 0. The van der Waals surface area contributed by atoms with Gasteiger partial charge < -0.3 is 25.4 Å². The molecule has 2 aromatic carbocycles. The molecule has 2 unspecified atom stereocenters. The number of para-hydroxylation sites is 2. The molecule has 3 N–H and O–H groups in total. The number of alkyl carbamates (subject to hydrolysis) is 1. The van der Waals surface area contributed by atoms with Gasteiger partial charge >= 0.3 is 6.09 Å². The van der Waals surface area contributed by atoms with Crippen LogP contribution in [0.15, 0.2) is 36.4 Å². The normalized spacial score (nSPS) is 13.1. The maximum atomic E-state index is 14.2. The van der Waals surface area contributed by atoms with E-state index in [1.807, 2.05) is 59.7 Å². The third kappa shape index (κ3) is 8.47. The van der Waals surface area contributed by atoms with E-state index in [4.69, 9.17) is 4.74 Å². The monoisotopic (exact) mass is 539 g/mol. The summed E-state index contributed by atoms with van der Waals surface area (Å²) in [4.78, 5) is 42.4. The first-order valence-corrected chi connectivity index (χ1v) is 13.5. The smallest absolute Gasteiger partial charge is 0.408 e. The van der Waals surface area contributed by atoms with Crippen molar-refractivity contribution < 1.29 is 24.2 Å². The van der Waals surface area contributed by atoms with Gasteiger partial charge in [-0.2, -0.15) is 0 Å². The van der Waals surface area contributed by atoms with Crippen LogP contribution < -0.4 is 10.6 Å². The molecule has 0 heterocycles. The molecule has 0 aliphatic heterocycles. The SMILES string of the molecule is Cc1cccc(C(C(=O)Nc2c(C)cccc2C)N(C(=O)C(CC(C)C)NC(=O)OC(C)(C)C)C(C)C)c1O. The molecule has 0 bridgehead atoms. The lowest BCUT2D eigenvalue weighted by Gasteiger charge is -2.38. The van der Waals surface area contributed by atoms with Crippen LogP contribution >= 0.6 is 0 Å². The number of aryl methyl sites for hydroxylation is 3. The van der Waals surface area contributed by atoms with Gasteiger partial charge in [-0.1, -0.05) is 50.2 Å². The average Bonchev–Trinajstić information content (AvgIpc) is 2.79. The molecular weight excluding hydrogens is 494 g/mol. The molecule has 8 nitrogen and oxygen atoms in total. The summed E-state index contributed by atoms with van der Waals surface area (Å²) in [5.74, 6) is -0.890. The Hall–Kier alpha value is -3.55. The number of phenolic OH excluding ortho intramolecular Hbond substituents is 1. The number of ether oxygens (including phenoxy) is 1. The van der Waals surface area contributed by atoms with Crippen LogP contribution in [-0.2, 0) is 14.3 Å². The summed E-state index contributed by atoms with van der Waals surface area (Å²) in [5.41, 5.74) is 2.56. The van der Waals surface area contributed by atoms with Crippen molar-refractivity contribution in [1.29, 1.82) is 0 Å². The Kier molecular flexibility index (Phi) is 10.6. The molecule has 0 saturated heterocycles. The molecule has 3 amide bonds. The first-order chi connectivity index (χ1) is 18.0. The molecule has 0 aromatic heterocycles. The molecule has 214 valence electrons. The largest absolute Gasteiger partial charge is 0.507 e. The molecule has 0 fully saturated rings. The fourth-order valence-corrected chi connectivity index (χ4v) is 4.53. The van der Waals surface area contributed by atoms with Crippen LogP contribution in [0.2, 0.25) is 0 Å². The Morgan fingerprint density at radius 1 is 0.923 bits per heavy atom. The second-order valence-corrected chi connectivity index (χ2v) is 11.8. The number of amides is 3. The Balaban J connectivity index is 2.62. The van der Waals surface area contributed by atoms with Gasteiger partial charge in [-0.3, -0.25) is 9.59 Å². The number of rotatable bonds is 9. The molecule has 0 spiro atoms. The number of carbonyl (C=O) groups is 3. The average molecular weight is 540 g/mol. The van der Waals surface area contributed by atoms with Crippen LogP contribution in [0.1, 0.15) is 83.2 Å².